The number of aliphatic hydroxyl groups excluding tert-OH is 1. The van der Waals surface area contributed by atoms with Crippen molar-refractivity contribution in [2.75, 3.05) is 13.2 Å². The van der Waals surface area contributed by atoms with E-state index in [1.807, 2.05) is 0 Å². The monoisotopic (exact) mass is 522 g/mol. The van der Waals surface area contributed by atoms with Gasteiger partial charge in [-0.15, -0.1) is 0 Å². The third-order valence-corrected chi connectivity index (χ3v) is 5.05. The number of carboxylic acid groups (broad SMARTS) is 1. The predicted octanol–water partition coefficient (Wildman–Crippen LogP) is -3.98. The van der Waals surface area contributed by atoms with Crippen LogP contribution in [0.4, 0.5) is 0 Å². The molecule has 204 valence electrons. The molecule has 1 aromatic rings. The third-order valence-electron chi connectivity index (χ3n) is 5.05. The van der Waals surface area contributed by atoms with Crippen molar-refractivity contribution in [2.24, 2.45) is 27.9 Å². The maximum absolute atomic E-state index is 12.9. The van der Waals surface area contributed by atoms with Crippen LogP contribution in [0.3, 0.4) is 0 Å². The maximum atomic E-state index is 12.9. The van der Waals surface area contributed by atoms with Crippen LogP contribution in [-0.2, 0) is 30.4 Å². The first-order valence-corrected chi connectivity index (χ1v) is 11.3. The number of aliphatic hydroxyl groups is 1. The summed E-state index contributed by atoms with van der Waals surface area (Å²) in [5.74, 6) is -4.97. The number of nitrogens with one attached hydrogen (secondary N) is 3. The molecular formula is C22H34N8O7. The van der Waals surface area contributed by atoms with Gasteiger partial charge in [0.1, 0.15) is 18.1 Å². The number of carbonyl (C=O) groups is 5. The fourth-order valence-electron chi connectivity index (χ4n) is 3.15. The van der Waals surface area contributed by atoms with Gasteiger partial charge in [0.05, 0.1) is 19.1 Å². The summed E-state index contributed by atoms with van der Waals surface area (Å²) in [6.45, 7) is -0.732. The number of rotatable bonds is 16. The largest absolute Gasteiger partial charge is 0.480 e. The highest BCUT2D eigenvalue weighted by Gasteiger charge is 2.30. The number of nitrogens with zero attached hydrogens (tertiary/aromatic N) is 1. The van der Waals surface area contributed by atoms with E-state index in [1.165, 1.54) is 0 Å². The van der Waals surface area contributed by atoms with E-state index in [1.54, 1.807) is 30.3 Å². The Labute approximate surface area is 213 Å². The number of carboxylic acids is 1. The van der Waals surface area contributed by atoms with Crippen molar-refractivity contribution in [2.45, 2.75) is 49.9 Å². The van der Waals surface area contributed by atoms with E-state index in [4.69, 9.17) is 22.9 Å². The van der Waals surface area contributed by atoms with Gasteiger partial charge in [-0.2, -0.15) is 0 Å². The normalized spacial score (nSPS) is 13.8. The van der Waals surface area contributed by atoms with E-state index < -0.39 is 66.8 Å². The molecular weight excluding hydrogens is 488 g/mol. The lowest BCUT2D eigenvalue weighted by Gasteiger charge is -2.24. The second-order valence-corrected chi connectivity index (χ2v) is 8.12. The molecule has 0 bridgehead atoms. The van der Waals surface area contributed by atoms with Crippen LogP contribution in [0.2, 0.25) is 0 Å². The van der Waals surface area contributed by atoms with Crippen LogP contribution in [-0.4, -0.2) is 83.1 Å². The molecule has 0 saturated heterocycles. The van der Waals surface area contributed by atoms with Crippen LogP contribution in [0.25, 0.3) is 0 Å². The summed E-state index contributed by atoms with van der Waals surface area (Å²) < 4.78 is 0. The Morgan fingerprint density at radius 1 is 0.865 bits per heavy atom. The van der Waals surface area contributed by atoms with Gasteiger partial charge >= 0.3 is 5.97 Å². The Morgan fingerprint density at radius 2 is 1.43 bits per heavy atom. The zero-order valence-electron chi connectivity index (χ0n) is 20.1. The standard InChI is InChI=1S/C22H34N8O7/c23-13(10-17(24)32)18(33)28-14(7-4-8-27-22(25)26)19(34)30-16(11-31)20(35)29-15(21(36)37)9-12-5-2-1-3-6-12/h1-3,5-6,13-16,31H,4,7-11,23H2,(H2,24,32)(H,28,33)(H,29,35)(H,30,34)(H,36,37)(H4,25,26,27). The van der Waals surface area contributed by atoms with Gasteiger partial charge in [0, 0.05) is 13.0 Å². The molecule has 1 aromatic carbocycles. The van der Waals surface area contributed by atoms with E-state index >= 15 is 0 Å². The Bertz CT molecular complexity index is 969. The van der Waals surface area contributed by atoms with Crippen molar-refractivity contribution in [3.05, 3.63) is 35.9 Å². The fraction of sp³-hybridized carbons (Fsp3) is 0.455. The number of aliphatic carboxylic acids is 1. The summed E-state index contributed by atoms with van der Waals surface area (Å²) in [5.41, 5.74) is 21.9. The van der Waals surface area contributed by atoms with Crippen LogP contribution >= 0.6 is 0 Å². The molecule has 13 N–H and O–H groups in total. The molecule has 15 nitrogen and oxygen atoms in total. The van der Waals surface area contributed by atoms with Gasteiger partial charge in [-0.25, -0.2) is 4.79 Å². The van der Waals surface area contributed by atoms with Crippen LogP contribution in [0.1, 0.15) is 24.8 Å². The molecule has 0 spiro atoms. The second-order valence-electron chi connectivity index (χ2n) is 8.12. The van der Waals surface area contributed by atoms with Crippen LogP contribution in [0.5, 0.6) is 0 Å². The molecule has 1 rings (SSSR count). The van der Waals surface area contributed by atoms with Gasteiger partial charge in [-0.05, 0) is 18.4 Å². The summed E-state index contributed by atoms with van der Waals surface area (Å²) in [4.78, 5) is 64.4. The third kappa shape index (κ3) is 11.8. The van der Waals surface area contributed by atoms with E-state index in [9.17, 15) is 34.2 Å². The van der Waals surface area contributed by atoms with Crippen LogP contribution in [0, 0.1) is 0 Å². The second kappa shape index (κ2) is 15.7. The smallest absolute Gasteiger partial charge is 0.326 e. The molecule has 37 heavy (non-hydrogen) atoms. The van der Waals surface area contributed by atoms with Crippen molar-refractivity contribution >= 4 is 35.6 Å². The lowest BCUT2D eigenvalue weighted by atomic mass is 10.1. The highest BCUT2D eigenvalue weighted by molar-refractivity contribution is 5.95. The quantitative estimate of drug-likeness (QED) is 0.0576. The number of amides is 4. The van der Waals surface area contributed by atoms with Gasteiger partial charge in [-0.1, -0.05) is 30.3 Å². The lowest BCUT2D eigenvalue weighted by Crippen LogP contribution is -2.58. The van der Waals surface area contributed by atoms with Crippen molar-refractivity contribution in [3.8, 4) is 0 Å². The Hall–Kier alpha value is -4.24. The van der Waals surface area contributed by atoms with Crippen molar-refractivity contribution < 1.29 is 34.2 Å². The molecule has 4 unspecified atom stereocenters. The molecule has 0 aromatic heterocycles. The number of primary amides is 1. The fourth-order valence-corrected chi connectivity index (χ4v) is 3.15. The zero-order valence-corrected chi connectivity index (χ0v) is 20.1. The first kappa shape index (κ1) is 30.8. The number of nitrogens with two attached hydrogens (primary N) is 4. The first-order chi connectivity index (χ1) is 17.4. The van der Waals surface area contributed by atoms with Crippen LogP contribution in [0.15, 0.2) is 35.3 Å². The lowest BCUT2D eigenvalue weighted by molar-refractivity contribution is -0.142. The van der Waals surface area contributed by atoms with Crippen LogP contribution < -0.4 is 38.9 Å². The van der Waals surface area contributed by atoms with Crippen molar-refractivity contribution in [1.82, 2.24) is 16.0 Å². The summed E-state index contributed by atoms with van der Waals surface area (Å²) in [5, 5.41) is 26.1. The molecule has 0 heterocycles. The highest BCUT2D eigenvalue weighted by atomic mass is 16.4. The Balaban J connectivity index is 2.91. The van der Waals surface area contributed by atoms with E-state index in [0.29, 0.717) is 5.56 Å². The molecule has 0 aliphatic rings. The molecule has 0 radical (unpaired) electrons. The molecule has 0 fully saturated rings. The predicted molar refractivity (Wildman–Crippen MR) is 132 cm³/mol. The molecule has 15 heteroatoms. The zero-order chi connectivity index (χ0) is 28.0. The molecule has 0 aliphatic heterocycles. The molecule has 4 amide bonds. The summed E-state index contributed by atoms with van der Waals surface area (Å²) in [7, 11) is 0. The molecule has 0 saturated carbocycles. The summed E-state index contributed by atoms with van der Waals surface area (Å²) >= 11 is 0. The number of guanidine groups is 1. The number of hydrogen-bond donors (Lipinski definition) is 9. The van der Waals surface area contributed by atoms with E-state index in [0.717, 1.165) is 0 Å². The Morgan fingerprint density at radius 3 is 1.97 bits per heavy atom. The topological polar surface area (TPSA) is 278 Å². The van der Waals surface area contributed by atoms with E-state index in [-0.39, 0.29) is 31.8 Å². The van der Waals surface area contributed by atoms with Gasteiger partial charge in [0.25, 0.3) is 0 Å². The number of aliphatic imine (C=N–C) groups is 1. The number of carbonyl (C=O) groups excluding carboxylic acids is 4. The highest BCUT2D eigenvalue weighted by Crippen LogP contribution is 2.05. The number of hydrogen-bond acceptors (Lipinski definition) is 8. The summed E-state index contributed by atoms with van der Waals surface area (Å²) in [6.07, 6.45) is -0.262. The minimum Gasteiger partial charge on any atom is -0.480 e. The van der Waals surface area contributed by atoms with E-state index in [2.05, 4.69) is 20.9 Å². The van der Waals surface area contributed by atoms with Gasteiger partial charge < -0.3 is 49.1 Å². The first-order valence-electron chi connectivity index (χ1n) is 11.3. The SMILES string of the molecule is NC(=O)CC(N)C(=O)NC(CCCN=C(N)N)C(=O)NC(CO)C(=O)NC(Cc1ccccc1)C(=O)O. The van der Waals surface area contributed by atoms with Gasteiger partial charge in [-0.3, -0.25) is 24.2 Å². The Kier molecular flexibility index (Phi) is 13.1. The maximum Gasteiger partial charge on any atom is 0.326 e. The molecule has 4 atom stereocenters. The molecule has 0 aliphatic carbocycles. The average Bonchev–Trinajstić information content (AvgIpc) is 2.83. The summed E-state index contributed by atoms with van der Waals surface area (Å²) in [6, 6.07) is 3.12. The van der Waals surface area contributed by atoms with Gasteiger partial charge in [0.2, 0.25) is 23.6 Å². The number of benzene rings is 1. The minimum atomic E-state index is -1.53. The average molecular weight is 523 g/mol. The minimum absolute atomic E-state index is 0.00315. The van der Waals surface area contributed by atoms with Gasteiger partial charge in [0.15, 0.2) is 5.96 Å². The van der Waals surface area contributed by atoms with Crippen molar-refractivity contribution in [3.63, 3.8) is 0 Å². The van der Waals surface area contributed by atoms with Crippen molar-refractivity contribution in [1.29, 1.82) is 0 Å².